The van der Waals surface area contributed by atoms with Crippen LogP contribution in [0, 0.1) is 0 Å². The monoisotopic (exact) mass is 216 g/mol. The molecule has 1 aromatic heterocycles. The number of carboxylic acids is 1. The van der Waals surface area contributed by atoms with Gasteiger partial charge >= 0.3 is 5.97 Å². The molecule has 0 aliphatic rings. The topological polar surface area (TPSA) is 66.0 Å². The number of hydrogen-bond donors (Lipinski definition) is 2. The van der Waals surface area contributed by atoms with Gasteiger partial charge in [-0.25, -0.2) is 4.98 Å². The zero-order chi connectivity index (χ0) is 10.6. The minimum Gasteiger partial charge on any atom is -0.481 e. The fourth-order valence-electron chi connectivity index (χ4n) is 1.20. The second kappa shape index (κ2) is 5.00. The number of hydrogen-bond acceptors (Lipinski definition) is 2. The molecule has 1 rings (SSSR count). The van der Waals surface area contributed by atoms with Crippen molar-refractivity contribution in [1.82, 2.24) is 9.97 Å². The maximum Gasteiger partial charge on any atom is 0.303 e. The molecule has 0 unspecified atom stereocenters. The van der Waals surface area contributed by atoms with Gasteiger partial charge in [0.05, 0.1) is 12.1 Å². The number of H-pyrrole nitrogens is 1. The lowest BCUT2D eigenvalue weighted by molar-refractivity contribution is -0.137. The summed E-state index contributed by atoms with van der Waals surface area (Å²) >= 11 is 5.85. The number of halogens is 1. The predicted octanol–water partition coefficient (Wildman–Crippen LogP) is 2.03. The predicted molar refractivity (Wildman–Crippen MR) is 53.5 cm³/mol. The number of aliphatic carboxylic acids is 1. The molecule has 2 N–H and O–H groups in total. The molecule has 4 nitrogen and oxygen atoms in total. The summed E-state index contributed by atoms with van der Waals surface area (Å²) in [7, 11) is 0. The van der Waals surface area contributed by atoms with Crippen LogP contribution in [0.4, 0.5) is 0 Å². The van der Waals surface area contributed by atoms with Crippen LogP contribution < -0.4 is 0 Å². The Labute approximate surface area is 87.3 Å². The van der Waals surface area contributed by atoms with Crippen molar-refractivity contribution in [2.45, 2.75) is 32.6 Å². The lowest BCUT2D eigenvalue weighted by atomic mass is 10.3. The maximum atomic E-state index is 10.3. The van der Waals surface area contributed by atoms with Gasteiger partial charge in [-0.05, 0) is 6.42 Å². The first kappa shape index (κ1) is 11.0. The Morgan fingerprint density at radius 2 is 2.29 bits per heavy atom. The Hall–Kier alpha value is -1.03. The van der Waals surface area contributed by atoms with Crippen LogP contribution in [0.25, 0.3) is 0 Å². The highest BCUT2D eigenvalue weighted by Crippen LogP contribution is 2.15. The summed E-state index contributed by atoms with van der Waals surface area (Å²) in [6, 6.07) is 0. The highest BCUT2D eigenvalue weighted by atomic mass is 35.5. The fraction of sp³-hybridized carbons (Fsp3) is 0.556. The summed E-state index contributed by atoms with van der Waals surface area (Å²) in [5.41, 5.74) is 0.898. The van der Waals surface area contributed by atoms with Crippen LogP contribution in [0.15, 0.2) is 0 Å². The Morgan fingerprint density at radius 1 is 1.57 bits per heavy atom. The zero-order valence-corrected chi connectivity index (χ0v) is 8.76. The van der Waals surface area contributed by atoms with Crippen molar-refractivity contribution >= 4 is 17.6 Å². The van der Waals surface area contributed by atoms with E-state index in [2.05, 4.69) is 9.97 Å². The van der Waals surface area contributed by atoms with Crippen LogP contribution in [0.5, 0.6) is 0 Å². The van der Waals surface area contributed by atoms with E-state index in [4.69, 9.17) is 16.7 Å². The third kappa shape index (κ3) is 3.03. The van der Waals surface area contributed by atoms with Gasteiger partial charge in [-0.15, -0.1) is 0 Å². The molecule has 14 heavy (non-hydrogen) atoms. The standard InChI is InChI=1S/C9H13ClN2O2/c1-2-3-6-9(10)12-7(11-6)4-5-8(13)14/h2-5H2,1H3,(H,11,12)(H,13,14). The number of aromatic amines is 1. The van der Waals surface area contributed by atoms with Gasteiger partial charge < -0.3 is 10.1 Å². The number of carboxylic acid groups (broad SMARTS) is 1. The largest absolute Gasteiger partial charge is 0.481 e. The fourth-order valence-corrected chi connectivity index (χ4v) is 1.44. The van der Waals surface area contributed by atoms with Crippen LogP contribution in [-0.4, -0.2) is 21.0 Å². The molecule has 0 atom stereocenters. The Balaban J connectivity index is 2.61. The van der Waals surface area contributed by atoms with E-state index in [0.29, 0.717) is 17.4 Å². The molecule has 1 aromatic rings. The van der Waals surface area contributed by atoms with Gasteiger partial charge in [-0.2, -0.15) is 0 Å². The lowest BCUT2D eigenvalue weighted by Gasteiger charge is -1.92. The normalized spacial score (nSPS) is 10.4. The van der Waals surface area contributed by atoms with Crippen molar-refractivity contribution in [3.8, 4) is 0 Å². The van der Waals surface area contributed by atoms with Crippen molar-refractivity contribution in [2.75, 3.05) is 0 Å². The van der Waals surface area contributed by atoms with E-state index in [9.17, 15) is 4.79 Å². The Bertz CT molecular complexity index is 323. The van der Waals surface area contributed by atoms with Crippen molar-refractivity contribution in [2.24, 2.45) is 0 Å². The molecular formula is C9H13ClN2O2. The van der Waals surface area contributed by atoms with Crippen LogP contribution in [0.3, 0.4) is 0 Å². The molecular weight excluding hydrogens is 204 g/mol. The number of aromatic nitrogens is 2. The summed E-state index contributed by atoms with van der Waals surface area (Å²) in [5.74, 6) is -0.171. The summed E-state index contributed by atoms with van der Waals surface area (Å²) in [6.45, 7) is 2.05. The third-order valence-electron chi connectivity index (χ3n) is 1.85. The van der Waals surface area contributed by atoms with Crippen molar-refractivity contribution < 1.29 is 9.90 Å². The quantitative estimate of drug-likeness (QED) is 0.792. The molecule has 0 saturated carbocycles. The zero-order valence-electron chi connectivity index (χ0n) is 8.01. The second-order valence-corrected chi connectivity index (χ2v) is 3.45. The van der Waals surface area contributed by atoms with E-state index < -0.39 is 5.97 Å². The van der Waals surface area contributed by atoms with Gasteiger partial charge in [-0.3, -0.25) is 4.79 Å². The highest BCUT2D eigenvalue weighted by molar-refractivity contribution is 6.30. The average molecular weight is 217 g/mol. The van der Waals surface area contributed by atoms with E-state index in [-0.39, 0.29) is 6.42 Å². The van der Waals surface area contributed by atoms with Gasteiger partial charge in [0.15, 0.2) is 0 Å². The first-order valence-corrected chi connectivity index (χ1v) is 4.96. The summed E-state index contributed by atoms with van der Waals surface area (Å²) in [5, 5.41) is 8.94. The molecule has 1 heterocycles. The molecule has 0 aliphatic carbocycles. The number of imidazole rings is 1. The Kier molecular flexibility index (Phi) is 3.95. The minimum absolute atomic E-state index is 0.0788. The molecule has 0 amide bonds. The molecule has 0 fully saturated rings. The van der Waals surface area contributed by atoms with E-state index in [1.165, 1.54) is 0 Å². The molecule has 0 radical (unpaired) electrons. The minimum atomic E-state index is -0.824. The number of nitrogens with zero attached hydrogens (tertiary/aromatic N) is 1. The maximum absolute atomic E-state index is 10.3. The number of rotatable bonds is 5. The molecule has 0 aliphatic heterocycles. The number of aryl methyl sites for hydroxylation is 2. The van der Waals surface area contributed by atoms with Gasteiger partial charge in [0.2, 0.25) is 0 Å². The van der Waals surface area contributed by atoms with Crippen LogP contribution in [0.1, 0.15) is 31.3 Å². The van der Waals surface area contributed by atoms with Gasteiger partial charge in [0, 0.05) is 6.42 Å². The summed E-state index contributed by atoms with van der Waals surface area (Å²) < 4.78 is 0. The van der Waals surface area contributed by atoms with E-state index >= 15 is 0 Å². The lowest BCUT2D eigenvalue weighted by Crippen LogP contribution is -1.98. The average Bonchev–Trinajstić information content (AvgIpc) is 2.45. The molecule has 0 bridgehead atoms. The highest BCUT2D eigenvalue weighted by Gasteiger charge is 2.08. The molecule has 0 spiro atoms. The summed E-state index contributed by atoms with van der Waals surface area (Å²) in [4.78, 5) is 17.4. The summed E-state index contributed by atoms with van der Waals surface area (Å²) in [6.07, 6.45) is 2.31. The van der Waals surface area contributed by atoms with Crippen molar-refractivity contribution in [3.05, 3.63) is 16.7 Å². The SMILES string of the molecule is CCCc1[nH]c(CCC(=O)O)nc1Cl. The van der Waals surface area contributed by atoms with E-state index in [0.717, 1.165) is 18.5 Å². The first-order chi connectivity index (χ1) is 6.63. The van der Waals surface area contributed by atoms with Crippen LogP contribution in [-0.2, 0) is 17.6 Å². The molecule has 0 saturated heterocycles. The van der Waals surface area contributed by atoms with E-state index in [1.54, 1.807) is 0 Å². The Morgan fingerprint density at radius 3 is 2.86 bits per heavy atom. The second-order valence-electron chi connectivity index (χ2n) is 3.10. The number of nitrogens with one attached hydrogen (secondary N) is 1. The van der Waals surface area contributed by atoms with Crippen LogP contribution >= 0.6 is 11.6 Å². The molecule has 78 valence electrons. The number of carbonyl (C=O) groups is 1. The first-order valence-electron chi connectivity index (χ1n) is 4.58. The van der Waals surface area contributed by atoms with Crippen LogP contribution in [0.2, 0.25) is 5.15 Å². The third-order valence-corrected chi connectivity index (χ3v) is 2.17. The van der Waals surface area contributed by atoms with Gasteiger partial charge in [0.1, 0.15) is 11.0 Å². The van der Waals surface area contributed by atoms with Gasteiger partial charge in [0.25, 0.3) is 0 Å². The molecule has 5 heteroatoms. The van der Waals surface area contributed by atoms with Gasteiger partial charge in [-0.1, -0.05) is 24.9 Å². The van der Waals surface area contributed by atoms with Crippen molar-refractivity contribution in [3.63, 3.8) is 0 Å². The smallest absolute Gasteiger partial charge is 0.303 e. The van der Waals surface area contributed by atoms with E-state index in [1.807, 2.05) is 6.92 Å². The molecule has 0 aromatic carbocycles. The van der Waals surface area contributed by atoms with Crippen molar-refractivity contribution in [1.29, 1.82) is 0 Å².